The fourth-order valence-electron chi connectivity index (χ4n) is 4.02. The minimum Gasteiger partial charge on any atom is -0.435 e. The van der Waals surface area contributed by atoms with E-state index in [1.165, 1.54) is 6.20 Å². The lowest BCUT2D eigenvalue weighted by Gasteiger charge is -2.23. The molecule has 2 fully saturated rings. The molecule has 0 amide bonds. The van der Waals surface area contributed by atoms with Gasteiger partial charge in [0.2, 0.25) is 27.7 Å². The molecule has 5 rings (SSSR count). The highest BCUT2D eigenvalue weighted by Gasteiger charge is 2.47. The van der Waals surface area contributed by atoms with E-state index in [1.807, 2.05) is 4.72 Å². The molecule has 3 aromatic rings. The zero-order chi connectivity index (χ0) is 26.0. The van der Waals surface area contributed by atoms with Crippen LogP contribution in [0.5, 0.6) is 11.6 Å². The first-order valence-electron chi connectivity index (χ1n) is 11.8. The van der Waals surface area contributed by atoms with Crippen molar-refractivity contribution in [3.63, 3.8) is 0 Å². The molecule has 1 aliphatic carbocycles. The van der Waals surface area contributed by atoms with Crippen molar-refractivity contribution in [3.05, 3.63) is 54.4 Å². The molecule has 1 saturated carbocycles. The van der Waals surface area contributed by atoms with Crippen molar-refractivity contribution >= 4 is 21.7 Å². The normalized spacial score (nSPS) is 18.7. The first kappa shape index (κ1) is 25.2. The van der Waals surface area contributed by atoms with Gasteiger partial charge >= 0.3 is 0 Å². The molecule has 196 valence electrons. The van der Waals surface area contributed by atoms with Crippen LogP contribution < -0.4 is 20.1 Å². The number of alkyl halides is 1. The zero-order valence-corrected chi connectivity index (χ0v) is 20.5. The largest absolute Gasteiger partial charge is 0.435 e. The molecule has 2 aliphatic rings. The summed E-state index contributed by atoms with van der Waals surface area (Å²) in [6.07, 6.45) is 5.25. The average Bonchev–Trinajstić information content (AvgIpc) is 3.60. The summed E-state index contributed by atoms with van der Waals surface area (Å²) >= 11 is 0. The number of aromatic nitrogens is 3. The van der Waals surface area contributed by atoms with E-state index < -0.39 is 44.5 Å². The smallest absolute Gasteiger partial charge is 0.235 e. The standard InChI is InChI=1S/C24H25F3N6O3S/c25-20-18(33-37(34,35)14-24(27)8-9-24)5-6-19(21(20)26)36-22-16(4-2-11-29-22)17-7-12-30-23(32-17)31-15-3-1-10-28-13-15/h2,4-7,11-12,15,28,33H,1,3,8-10,13-14H2,(H,30,31,32)/t15-/m0/s1. The van der Waals surface area contributed by atoms with Crippen molar-refractivity contribution in [2.45, 2.75) is 37.4 Å². The number of hydrogen-bond acceptors (Lipinski definition) is 8. The fourth-order valence-corrected chi connectivity index (χ4v) is 5.56. The summed E-state index contributed by atoms with van der Waals surface area (Å²) in [4.78, 5) is 12.9. The molecule has 0 bridgehead atoms. The van der Waals surface area contributed by atoms with E-state index in [0.717, 1.165) is 38.1 Å². The maximum absolute atomic E-state index is 14.9. The summed E-state index contributed by atoms with van der Waals surface area (Å²) in [6, 6.07) is 7.21. The second kappa shape index (κ2) is 10.1. The topological polar surface area (TPSA) is 118 Å². The molecule has 1 saturated heterocycles. The molecule has 2 aromatic heterocycles. The van der Waals surface area contributed by atoms with Crippen molar-refractivity contribution < 1.29 is 26.3 Å². The Kier molecular flexibility index (Phi) is 6.90. The van der Waals surface area contributed by atoms with Crippen molar-refractivity contribution in [1.82, 2.24) is 20.3 Å². The van der Waals surface area contributed by atoms with Crippen LogP contribution in [0, 0.1) is 11.6 Å². The first-order chi connectivity index (χ1) is 17.7. The van der Waals surface area contributed by atoms with Gasteiger partial charge in [-0.1, -0.05) is 0 Å². The predicted molar refractivity (Wildman–Crippen MR) is 132 cm³/mol. The molecule has 1 atom stereocenters. The van der Waals surface area contributed by atoms with E-state index in [9.17, 15) is 21.6 Å². The van der Waals surface area contributed by atoms with Gasteiger partial charge in [0.05, 0.1) is 16.9 Å². The number of halogens is 3. The summed E-state index contributed by atoms with van der Waals surface area (Å²) in [6.45, 7) is 1.76. The second-order valence-electron chi connectivity index (χ2n) is 9.16. The molecular weight excluding hydrogens is 509 g/mol. The number of benzene rings is 1. The highest BCUT2D eigenvalue weighted by molar-refractivity contribution is 7.92. The Labute approximate surface area is 211 Å². The maximum Gasteiger partial charge on any atom is 0.235 e. The van der Waals surface area contributed by atoms with Gasteiger partial charge in [-0.25, -0.2) is 32.2 Å². The Balaban J connectivity index is 1.36. The number of anilines is 2. The quantitative estimate of drug-likeness (QED) is 0.377. The number of piperidine rings is 1. The molecule has 37 heavy (non-hydrogen) atoms. The number of hydrogen-bond donors (Lipinski definition) is 3. The molecule has 3 N–H and O–H groups in total. The molecule has 0 unspecified atom stereocenters. The van der Waals surface area contributed by atoms with E-state index in [2.05, 4.69) is 25.6 Å². The summed E-state index contributed by atoms with van der Waals surface area (Å²) in [5.41, 5.74) is -1.59. The van der Waals surface area contributed by atoms with Crippen LogP contribution in [0.3, 0.4) is 0 Å². The molecule has 1 aliphatic heterocycles. The van der Waals surface area contributed by atoms with E-state index in [0.29, 0.717) is 17.2 Å². The third kappa shape index (κ3) is 6.10. The van der Waals surface area contributed by atoms with Crippen molar-refractivity contribution in [1.29, 1.82) is 0 Å². The van der Waals surface area contributed by atoms with Crippen LogP contribution in [0.15, 0.2) is 42.7 Å². The van der Waals surface area contributed by atoms with Gasteiger partial charge in [-0.15, -0.1) is 0 Å². The number of pyridine rings is 1. The van der Waals surface area contributed by atoms with Gasteiger partial charge < -0.3 is 15.4 Å². The number of nitrogens with zero attached hydrogens (tertiary/aromatic N) is 3. The van der Waals surface area contributed by atoms with Gasteiger partial charge in [-0.05, 0) is 62.6 Å². The van der Waals surface area contributed by atoms with Gasteiger partial charge in [-0.3, -0.25) is 4.72 Å². The third-order valence-corrected chi connectivity index (χ3v) is 7.52. The SMILES string of the molecule is O=S(=O)(CC1(F)CC1)Nc1ccc(Oc2ncccc2-c2ccnc(N[C@H]3CCCNC3)n2)c(F)c1F. The molecule has 13 heteroatoms. The Bertz CT molecular complexity index is 1400. The second-order valence-corrected chi connectivity index (χ2v) is 10.9. The minimum absolute atomic E-state index is 0.0359. The van der Waals surface area contributed by atoms with Crippen LogP contribution in [-0.4, -0.2) is 53.9 Å². The van der Waals surface area contributed by atoms with Crippen molar-refractivity contribution in [3.8, 4) is 22.9 Å². The molecule has 3 heterocycles. The molecule has 0 spiro atoms. The molecule has 9 nitrogen and oxygen atoms in total. The van der Waals surface area contributed by atoms with Gasteiger partial charge in [0.25, 0.3) is 0 Å². The first-order valence-corrected chi connectivity index (χ1v) is 13.5. The Morgan fingerprint density at radius 2 is 1.95 bits per heavy atom. The maximum atomic E-state index is 14.9. The number of sulfonamides is 1. The minimum atomic E-state index is -4.21. The van der Waals surface area contributed by atoms with Gasteiger partial charge in [-0.2, -0.15) is 4.39 Å². The van der Waals surface area contributed by atoms with Crippen molar-refractivity contribution in [2.24, 2.45) is 0 Å². The lowest BCUT2D eigenvalue weighted by Crippen LogP contribution is -2.38. The van der Waals surface area contributed by atoms with E-state index >= 15 is 0 Å². The van der Waals surface area contributed by atoms with Crippen LogP contribution in [0.1, 0.15) is 25.7 Å². The van der Waals surface area contributed by atoms with E-state index in [1.54, 1.807) is 24.4 Å². The van der Waals surface area contributed by atoms with Crippen molar-refractivity contribution in [2.75, 3.05) is 28.9 Å². The van der Waals surface area contributed by atoms with Crippen LogP contribution >= 0.6 is 0 Å². The summed E-state index contributed by atoms with van der Waals surface area (Å²) < 4.78 is 75.2. The van der Waals surface area contributed by atoms with Crippen LogP contribution in [0.25, 0.3) is 11.3 Å². The lowest BCUT2D eigenvalue weighted by molar-refractivity contribution is 0.341. The predicted octanol–water partition coefficient (Wildman–Crippen LogP) is 4.02. The molecular formula is C24H25F3N6O3S. The van der Waals surface area contributed by atoms with Crippen LogP contribution in [0.4, 0.5) is 24.8 Å². The lowest BCUT2D eigenvalue weighted by atomic mass is 10.1. The highest BCUT2D eigenvalue weighted by atomic mass is 32.2. The average molecular weight is 535 g/mol. The Hall–Kier alpha value is -3.45. The Morgan fingerprint density at radius 1 is 1.11 bits per heavy atom. The summed E-state index contributed by atoms with van der Waals surface area (Å²) in [5, 5.41) is 6.59. The number of rotatable bonds is 9. The molecule has 1 aromatic carbocycles. The third-order valence-electron chi connectivity index (χ3n) is 6.09. The fraction of sp³-hybridized carbons (Fsp3) is 0.375. The van der Waals surface area contributed by atoms with Crippen LogP contribution in [0.2, 0.25) is 0 Å². The zero-order valence-electron chi connectivity index (χ0n) is 19.7. The van der Waals surface area contributed by atoms with Crippen LogP contribution in [-0.2, 0) is 10.0 Å². The summed E-state index contributed by atoms with van der Waals surface area (Å²) in [7, 11) is -4.21. The summed E-state index contributed by atoms with van der Waals surface area (Å²) in [5.74, 6) is -3.85. The number of ether oxygens (including phenoxy) is 1. The monoisotopic (exact) mass is 534 g/mol. The van der Waals surface area contributed by atoms with Gasteiger partial charge in [0, 0.05) is 25.0 Å². The van der Waals surface area contributed by atoms with Gasteiger partial charge in [0.1, 0.15) is 11.4 Å². The van der Waals surface area contributed by atoms with E-state index in [4.69, 9.17) is 4.74 Å². The highest BCUT2D eigenvalue weighted by Crippen LogP contribution is 2.41. The molecule has 0 radical (unpaired) electrons. The van der Waals surface area contributed by atoms with E-state index in [-0.39, 0.29) is 24.8 Å². The number of nitrogens with one attached hydrogen (secondary N) is 3. The van der Waals surface area contributed by atoms with Gasteiger partial charge in [0.15, 0.2) is 11.6 Å². The Morgan fingerprint density at radius 3 is 2.70 bits per heavy atom.